The number of fused-ring (bicyclic) bond motifs is 1. The maximum absolute atomic E-state index is 4.74. The van der Waals surface area contributed by atoms with Gasteiger partial charge in [0, 0.05) is 24.0 Å². The molecule has 0 atom stereocenters. The molecule has 2 N–H and O–H groups in total. The molecule has 0 aliphatic carbocycles. The summed E-state index contributed by atoms with van der Waals surface area (Å²) in [6.07, 6.45) is 0. The lowest BCUT2D eigenvalue weighted by Gasteiger charge is -2.20. The Morgan fingerprint density at radius 3 is 2.57 bits per heavy atom. The lowest BCUT2D eigenvalue weighted by Crippen LogP contribution is -2.38. The first-order valence-corrected chi connectivity index (χ1v) is 8.70. The summed E-state index contributed by atoms with van der Waals surface area (Å²) >= 11 is 1.66. The number of rotatable bonds is 5. The SMILES string of the molecule is CC(C)(C)NCCNc1nc(-c2cccs2)nc2ccccc12. The molecule has 1 aromatic carbocycles. The lowest BCUT2D eigenvalue weighted by atomic mass is 10.1. The smallest absolute Gasteiger partial charge is 0.172 e. The molecule has 120 valence electrons. The average Bonchev–Trinajstić information content (AvgIpc) is 3.04. The van der Waals surface area contributed by atoms with Crippen molar-refractivity contribution in [3.05, 3.63) is 41.8 Å². The van der Waals surface area contributed by atoms with Gasteiger partial charge in [-0.25, -0.2) is 9.97 Å². The minimum Gasteiger partial charge on any atom is -0.368 e. The van der Waals surface area contributed by atoms with Crippen LogP contribution in [0, 0.1) is 0 Å². The number of nitrogens with one attached hydrogen (secondary N) is 2. The summed E-state index contributed by atoms with van der Waals surface area (Å²) in [5, 5.41) is 10.0. The van der Waals surface area contributed by atoms with Crippen LogP contribution in [-0.4, -0.2) is 28.6 Å². The molecule has 0 unspecified atom stereocenters. The van der Waals surface area contributed by atoms with Crippen molar-refractivity contribution in [2.24, 2.45) is 0 Å². The van der Waals surface area contributed by atoms with Crippen LogP contribution < -0.4 is 10.6 Å². The zero-order valence-corrected chi connectivity index (χ0v) is 14.6. The second-order valence-corrected chi connectivity index (χ2v) is 7.44. The van der Waals surface area contributed by atoms with Crippen LogP contribution >= 0.6 is 11.3 Å². The molecule has 3 rings (SSSR count). The molecule has 23 heavy (non-hydrogen) atoms. The highest BCUT2D eigenvalue weighted by Gasteiger charge is 2.11. The van der Waals surface area contributed by atoms with Crippen molar-refractivity contribution in [3.8, 4) is 10.7 Å². The third-order valence-electron chi connectivity index (χ3n) is 3.42. The van der Waals surface area contributed by atoms with Crippen molar-refractivity contribution in [1.29, 1.82) is 0 Å². The molecule has 0 saturated carbocycles. The lowest BCUT2D eigenvalue weighted by molar-refractivity contribution is 0.435. The van der Waals surface area contributed by atoms with Crippen molar-refractivity contribution < 1.29 is 0 Å². The highest BCUT2D eigenvalue weighted by molar-refractivity contribution is 7.13. The molecule has 5 heteroatoms. The van der Waals surface area contributed by atoms with Crippen LogP contribution in [0.25, 0.3) is 21.6 Å². The fourth-order valence-corrected chi connectivity index (χ4v) is 3.00. The number of benzene rings is 1. The fourth-order valence-electron chi connectivity index (χ4n) is 2.35. The van der Waals surface area contributed by atoms with Crippen molar-refractivity contribution >= 4 is 28.1 Å². The van der Waals surface area contributed by atoms with E-state index in [9.17, 15) is 0 Å². The van der Waals surface area contributed by atoms with Gasteiger partial charge in [-0.1, -0.05) is 18.2 Å². The molecular formula is C18H22N4S. The van der Waals surface area contributed by atoms with Crippen LogP contribution in [0.2, 0.25) is 0 Å². The zero-order valence-electron chi connectivity index (χ0n) is 13.8. The Labute approximate surface area is 141 Å². The molecule has 0 fully saturated rings. The van der Waals surface area contributed by atoms with E-state index in [4.69, 9.17) is 4.98 Å². The highest BCUT2D eigenvalue weighted by atomic mass is 32.1. The third-order valence-corrected chi connectivity index (χ3v) is 4.28. The monoisotopic (exact) mass is 326 g/mol. The van der Waals surface area contributed by atoms with Gasteiger partial charge in [-0.3, -0.25) is 0 Å². The molecule has 0 radical (unpaired) electrons. The summed E-state index contributed by atoms with van der Waals surface area (Å²) in [5.74, 6) is 1.68. The van der Waals surface area contributed by atoms with Gasteiger partial charge in [0.1, 0.15) is 5.82 Å². The van der Waals surface area contributed by atoms with Crippen LogP contribution in [-0.2, 0) is 0 Å². The van der Waals surface area contributed by atoms with Crippen LogP contribution in [0.5, 0.6) is 0 Å². The summed E-state index contributed by atoms with van der Waals surface area (Å²) < 4.78 is 0. The van der Waals surface area contributed by atoms with E-state index in [2.05, 4.69) is 48.5 Å². The number of hydrogen-bond acceptors (Lipinski definition) is 5. The zero-order chi connectivity index (χ0) is 16.3. The third kappa shape index (κ3) is 4.06. The molecule has 0 spiro atoms. The largest absolute Gasteiger partial charge is 0.368 e. The average molecular weight is 326 g/mol. The Hall–Kier alpha value is -1.98. The molecule has 0 aliphatic rings. The molecule has 0 bridgehead atoms. The van der Waals surface area contributed by atoms with Gasteiger partial charge < -0.3 is 10.6 Å². The quantitative estimate of drug-likeness (QED) is 0.691. The first-order valence-electron chi connectivity index (χ1n) is 7.82. The molecule has 3 aromatic rings. The Bertz CT molecular complexity index is 775. The summed E-state index contributed by atoms with van der Waals surface area (Å²) in [6, 6.07) is 12.2. The normalized spacial score (nSPS) is 11.8. The predicted molar refractivity (Wildman–Crippen MR) is 99.1 cm³/mol. The Kier molecular flexibility index (Phi) is 4.59. The Balaban J connectivity index is 1.85. The number of thiophene rings is 1. The van der Waals surface area contributed by atoms with E-state index in [0.717, 1.165) is 40.5 Å². The fraction of sp³-hybridized carbons (Fsp3) is 0.333. The number of para-hydroxylation sites is 1. The van der Waals surface area contributed by atoms with Crippen molar-refractivity contribution in [1.82, 2.24) is 15.3 Å². The van der Waals surface area contributed by atoms with E-state index >= 15 is 0 Å². The first kappa shape index (κ1) is 15.9. The van der Waals surface area contributed by atoms with Crippen molar-refractivity contribution in [2.45, 2.75) is 26.3 Å². The molecule has 2 heterocycles. The minimum atomic E-state index is 0.123. The van der Waals surface area contributed by atoms with Gasteiger partial charge in [-0.05, 0) is 44.4 Å². The highest BCUT2D eigenvalue weighted by Crippen LogP contribution is 2.27. The Morgan fingerprint density at radius 2 is 1.83 bits per heavy atom. The molecule has 0 aliphatic heterocycles. The van der Waals surface area contributed by atoms with Gasteiger partial charge >= 0.3 is 0 Å². The van der Waals surface area contributed by atoms with E-state index in [1.165, 1.54) is 0 Å². The van der Waals surface area contributed by atoms with E-state index in [-0.39, 0.29) is 5.54 Å². The second-order valence-electron chi connectivity index (χ2n) is 6.49. The summed E-state index contributed by atoms with van der Waals surface area (Å²) in [6.45, 7) is 8.21. The van der Waals surface area contributed by atoms with Crippen LogP contribution in [0.4, 0.5) is 5.82 Å². The van der Waals surface area contributed by atoms with Crippen LogP contribution in [0.15, 0.2) is 41.8 Å². The molecular weight excluding hydrogens is 304 g/mol. The maximum Gasteiger partial charge on any atom is 0.172 e. The van der Waals surface area contributed by atoms with Crippen LogP contribution in [0.3, 0.4) is 0 Å². The molecule has 4 nitrogen and oxygen atoms in total. The summed E-state index contributed by atoms with van der Waals surface area (Å²) in [5.41, 5.74) is 1.09. The van der Waals surface area contributed by atoms with Gasteiger partial charge in [0.2, 0.25) is 0 Å². The first-order chi connectivity index (χ1) is 11.0. The van der Waals surface area contributed by atoms with E-state index < -0.39 is 0 Å². The Morgan fingerprint density at radius 1 is 1.00 bits per heavy atom. The number of nitrogens with zero attached hydrogens (tertiary/aromatic N) is 2. The molecule has 2 aromatic heterocycles. The van der Waals surface area contributed by atoms with E-state index in [1.54, 1.807) is 11.3 Å². The predicted octanol–water partition coefficient (Wildman–Crippen LogP) is 4.16. The van der Waals surface area contributed by atoms with Crippen LogP contribution in [0.1, 0.15) is 20.8 Å². The van der Waals surface area contributed by atoms with Crippen molar-refractivity contribution in [3.63, 3.8) is 0 Å². The van der Waals surface area contributed by atoms with Gasteiger partial charge in [-0.2, -0.15) is 0 Å². The molecule has 0 saturated heterocycles. The van der Waals surface area contributed by atoms with E-state index in [1.807, 2.05) is 29.6 Å². The minimum absolute atomic E-state index is 0.123. The topological polar surface area (TPSA) is 49.8 Å². The number of anilines is 1. The summed E-state index contributed by atoms with van der Waals surface area (Å²) in [4.78, 5) is 10.5. The van der Waals surface area contributed by atoms with E-state index in [0.29, 0.717) is 0 Å². The van der Waals surface area contributed by atoms with Gasteiger partial charge in [0.25, 0.3) is 0 Å². The second kappa shape index (κ2) is 6.64. The molecule has 0 amide bonds. The maximum atomic E-state index is 4.74. The number of aromatic nitrogens is 2. The summed E-state index contributed by atoms with van der Waals surface area (Å²) in [7, 11) is 0. The van der Waals surface area contributed by atoms with Gasteiger partial charge in [0.05, 0.1) is 10.4 Å². The standard InChI is InChI=1S/C18H22N4S/c1-18(2,3)20-11-10-19-16-13-7-4-5-8-14(13)21-17(22-16)15-9-6-12-23-15/h4-9,12,20H,10-11H2,1-3H3,(H,19,21,22). The van der Waals surface area contributed by atoms with Gasteiger partial charge in [0.15, 0.2) is 5.82 Å². The number of hydrogen-bond donors (Lipinski definition) is 2. The van der Waals surface area contributed by atoms with Gasteiger partial charge in [-0.15, -0.1) is 11.3 Å². The van der Waals surface area contributed by atoms with Crippen molar-refractivity contribution in [2.75, 3.05) is 18.4 Å².